The first-order valence-electron chi connectivity index (χ1n) is 8.64. The van der Waals surface area contributed by atoms with Gasteiger partial charge in [-0.05, 0) is 59.7 Å². The number of methoxy groups -OCH3 is 1. The van der Waals surface area contributed by atoms with Gasteiger partial charge in [-0.2, -0.15) is 0 Å². The highest BCUT2D eigenvalue weighted by atomic mass is 16.5. The van der Waals surface area contributed by atoms with Crippen LogP contribution in [-0.2, 0) is 4.79 Å². The summed E-state index contributed by atoms with van der Waals surface area (Å²) in [5.41, 5.74) is 2.89. The summed E-state index contributed by atoms with van der Waals surface area (Å²) in [5, 5.41) is 5.19. The molecule has 3 aromatic carbocycles. The second-order valence-electron chi connectivity index (χ2n) is 6.62. The second kappa shape index (κ2) is 7.48. The zero-order chi connectivity index (χ0) is 18.7. The SMILES string of the molecule is COc1ccc2cc([C@H](C)C(=O)Nc3ccc(N(C)C)cc3)ccc2c1. The molecule has 0 unspecified atom stereocenters. The predicted octanol–water partition coefficient (Wildman–Crippen LogP) is 4.66. The van der Waals surface area contributed by atoms with Gasteiger partial charge in [-0.1, -0.05) is 24.3 Å². The Kier molecular flexibility index (Phi) is 5.12. The van der Waals surface area contributed by atoms with Crippen LogP contribution < -0.4 is 15.0 Å². The number of anilines is 2. The lowest BCUT2D eigenvalue weighted by molar-refractivity contribution is -0.117. The normalized spacial score (nSPS) is 11.8. The van der Waals surface area contributed by atoms with Crippen LogP contribution in [0, 0.1) is 0 Å². The molecule has 0 saturated carbocycles. The largest absolute Gasteiger partial charge is 0.497 e. The molecule has 0 aromatic heterocycles. The Morgan fingerprint density at radius 3 is 2.27 bits per heavy atom. The fourth-order valence-corrected chi connectivity index (χ4v) is 2.88. The van der Waals surface area contributed by atoms with E-state index in [-0.39, 0.29) is 11.8 Å². The molecule has 0 fully saturated rings. The molecule has 0 spiro atoms. The Morgan fingerprint density at radius 1 is 0.962 bits per heavy atom. The van der Waals surface area contributed by atoms with Crippen molar-refractivity contribution in [1.82, 2.24) is 0 Å². The van der Waals surface area contributed by atoms with Crippen molar-refractivity contribution in [3.63, 3.8) is 0 Å². The number of nitrogens with one attached hydrogen (secondary N) is 1. The second-order valence-corrected chi connectivity index (χ2v) is 6.62. The Balaban J connectivity index is 1.76. The number of benzene rings is 3. The molecule has 4 nitrogen and oxygen atoms in total. The third-order valence-electron chi connectivity index (χ3n) is 4.62. The number of rotatable bonds is 5. The predicted molar refractivity (Wildman–Crippen MR) is 108 cm³/mol. The summed E-state index contributed by atoms with van der Waals surface area (Å²) in [6.07, 6.45) is 0. The van der Waals surface area contributed by atoms with Crippen LogP contribution in [0.4, 0.5) is 11.4 Å². The van der Waals surface area contributed by atoms with Gasteiger partial charge < -0.3 is 15.0 Å². The third kappa shape index (κ3) is 3.80. The minimum Gasteiger partial charge on any atom is -0.497 e. The lowest BCUT2D eigenvalue weighted by Crippen LogP contribution is -2.19. The Morgan fingerprint density at radius 2 is 1.62 bits per heavy atom. The molecule has 3 aromatic rings. The van der Waals surface area contributed by atoms with E-state index in [1.165, 1.54) is 0 Å². The van der Waals surface area contributed by atoms with Crippen LogP contribution >= 0.6 is 0 Å². The molecule has 134 valence electrons. The van der Waals surface area contributed by atoms with Gasteiger partial charge in [-0.3, -0.25) is 4.79 Å². The summed E-state index contributed by atoms with van der Waals surface area (Å²) >= 11 is 0. The van der Waals surface area contributed by atoms with E-state index in [9.17, 15) is 4.79 Å². The Labute approximate surface area is 154 Å². The fraction of sp³-hybridized carbons (Fsp3) is 0.227. The molecule has 0 heterocycles. The first kappa shape index (κ1) is 17.8. The first-order valence-corrected chi connectivity index (χ1v) is 8.64. The molecule has 0 radical (unpaired) electrons. The fourth-order valence-electron chi connectivity index (χ4n) is 2.88. The summed E-state index contributed by atoms with van der Waals surface area (Å²) < 4.78 is 5.26. The third-order valence-corrected chi connectivity index (χ3v) is 4.62. The maximum atomic E-state index is 12.6. The van der Waals surface area contributed by atoms with Crippen molar-refractivity contribution in [1.29, 1.82) is 0 Å². The number of nitrogens with zero attached hydrogens (tertiary/aromatic N) is 1. The van der Waals surface area contributed by atoms with Crippen molar-refractivity contribution >= 4 is 28.1 Å². The van der Waals surface area contributed by atoms with Crippen LogP contribution in [0.5, 0.6) is 5.75 Å². The van der Waals surface area contributed by atoms with Crippen molar-refractivity contribution < 1.29 is 9.53 Å². The summed E-state index contributed by atoms with van der Waals surface area (Å²) in [4.78, 5) is 14.7. The van der Waals surface area contributed by atoms with E-state index >= 15 is 0 Å². The van der Waals surface area contributed by atoms with Gasteiger partial charge in [0.2, 0.25) is 5.91 Å². The van der Waals surface area contributed by atoms with Crippen LogP contribution in [0.15, 0.2) is 60.7 Å². The molecule has 0 saturated heterocycles. The van der Waals surface area contributed by atoms with Gasteiger partial charge in [0.25, 0.3) is 0 Å². The molecule has 0 aliphatic carbocycles. The van der Waals surface area contributed by atoms with Crippen LogP contribution in [0.3, 0.4) is 0 Å². The molecule has 1 atom stereocenters. The topological polar surface area (TPSA) is 41.6 Å². The maximum absolute atomic E-state index is 12.6. The van der Waals surface area contributed by atoms with Crippen molar-refractivity contribution in [3.8, 4) is 5.75 Å². The van der Waals surface area contributed by atoms with Crippen LogP contribution in [0.1, 0.15) is 18.4 Å². The molecule has 0 aliphatic heterocycles. The summed E-state index contributed by atoms with van der Waals surface area (Å²) in [5.74, 6) is 0.572. The number of carbonyl (C=O) groups is 1. The van der Waals surface area contributed by atoms with Crippen molar-refractivity contribution in [3.05, 3.63) is 66.2 Å². The van der Waals surface area contributed by atoms with Crippen LogP contribution in [0.2, 0.25) is 0 Å². The number of ether oxygens (including phenoxy) is 1. The number of carbonyl (C=O) groups excluding carboxylic acids is 1. The molecule has 26 heavy (non-hydrogen) atoms. The Hall–Kier alpha value is -3.01. The van der Waals surface area contributed by atoms with E-state index in [4.69, 9.17) is 4.74 Å². The minimum absolute atomic E-state index is 0.0181. The van der Waals surface area contributed by atoms with Crippen LogP contribution in [0.25, 0.3) is 10.8 Å². The highest BCUT2D eigenvalue weighted by molar-refractivity contribution is 5.96. The van der Waals surface area contributed by atoms with Gasteiger partial charge in [-0.15, -0.1) is 0 Å². The smallest absolute Gasteiger partial charge is 0.231 e. The van der Waals surface area contributed by atoms with Crippen molar-refractivity contribution in [2.75, 3.05) is 31.4 Å². The highest BCUT2D eigenvalue weighted by Gasteiger charge is 2.16. The van der Waals surface area contributed by atoms with Crippen LogP contribution in [-0.4, -0.2) is 27.1 Å². The Bertz CT molecular complexity index is 917. The van der Waals surface area contributed by atoms with E-state index in [2.05, 4.69) is 11.4 Å². The van der Waals surface area contributed by atoms with E-state index in [1.807, 2.05) is 80.5 Å². The molecular weight excluding hydrogens is 324 g/mol. The molecule has 0 bridgehead atoms. The van der Waals surface area contributed by atoms with Gasteiger partial charge in [0, 0.05) is 25.5 Å². The summed E-state index contributed by atoms with van der Waals surface area (Å²) in [6.45, 7) is 1.92. The van der Waals surface area contributed by atoms with Gasteiger partial charge in [0.15, 0.2) is 0 Å². The molecule has 3 rings (SSSR count). The average Bonchev–Trinajstić information content (AvgIpc) is 2.66. The first-order chi connectivity index (χ1) is 12.5. The lowest BCUT2D eigenvalue weighted by Gasteiger charge is -2.15. The number of fused-ring (bicyclic) bond motifs is 1. The maximum Gasteiger partial charge on any atom is 0.231 e. The quantitative estimate of drug-likeness (QED) is 0.729. The van der Waals surface area contributed by atoms with Gasteiger partial charge >= 0.3 is 0 Å². The molecule has 1 N–H and O–H groups in total. The van der Waals surface area contributed by atoms with E-state index in [0.717, 1.165) is 33.5 Å². The zero-order valence-corrected chi connectivity index (χ0v) is 15.6. The van der Waals surface area contributed by atoms with Gasteiger partial charge in [0.1, 0.15) is 5.75 Å². The standard InChI is InChI=1S/C22H24N2O2/c1-15(22(25)23-19-8-10-20(11-9-19)24(2)3)16-5-6-18-14-21(26-4)12-7-17(18)13-16/h5-15H,1-4H3,(H,23,25)/t15-/m0/s1. The van der Waals surface area contributed by atoms with Crippen molar-refractivity contribution in [2.24, 2.45) is 0 Å². The van der Waals surface area contributed by atoms with E-state index in [1.54, 1.807) is 7.11 Å². The summed E-state index contributed by atoms with van der Waals surface area (Å²) in [7, 11) is 5.64. The highest BCUT2D eigenvalue weighted by Crippen LogP contribution is 2.26. The number of amides is 1. The zero-order valence-electron chi connectivity index (χ0n) is 15.6. The lowest BCUT2D eigenvalue weighted by atomic mass is 9.97. The minimum atomic E-state index is -0.241. The average molecular weight is 348 g/mol. The summed E-state index contributed by atoms with van der Waals surface area (Å²) in [6, 6.07) is 19.9. The van der Waals surface area contributed by atoms with Gasteiger partial charge in [0.05, 0.1) is 13.0 Å². The van der Waals surface area contributed by atoms with Crippen molar-refractivity contribution in [2.45, 2.75) is 12.8 Å². The van der Waals surface area contributed by atoms with E-state index in [0.29, 0.717) is 0 Å². The molecular formula is C22H24N2O2. The molecule has 1 amide bonds. The molecule has 0 aliphatic rings. The van der Waals surface area contributed by atoms with E-state index < -0.39 is 0 Å². The van der Waals surface area contributed by atoms with Gasteiger partial charge in [-0.25, -0.2) is 0 Å². The number of hydrogen-bond acceptors (Lipinski definition) is 3. The number of hydrogen-bond donors (Lipinski definition) is 1. The molecule has 4 heteroatoms. The monoisotopic (exact) mass is 348 g/mol.